The summed E-state index contributed by atoms with van der Waals surface area (Å²) < 4.78 is 0. The fourth-order valence-electron chi connectivity index (χ4n) is 6.24. The van der Waals surface area contributed by atoms with Gasteiger partial charge in [0.2, 0.25) is 0 Å². The molecule has 0 aliphatic heterocycles. The molecule has 8 aromatic rings. The number of fused-ring (bicyclic) bond motifs is 5. The summed E-state index contributed by atoms with van der Waals surface area (Å²) >= 11 is 0. The Hall–Kier alpha value is -5.34. The van der Waals surface area contributed by atoms with Gasteiger partial charge >= 0.3 is 0 Å². The van der Waals surface area contributed by atoms with Gasteiger partial charge in [0.05, 0.1) is 5.69 Å². The van der Waals surface area contributed by atoms with Gasteiger partial charge in [0.1, 0.15) is 0 Å². The van der Waals surface area contributed by atoms with E-state index in [1.54, 1.807) is 0 Å². The molecule has 8 rings (SSSR count). The highest BCUT2D eigenvalue weighted by molar-refractivity contribution is 6.25. The predicted molar refractivity (Wildman–Crippen MR) is 168 cm³/mol. The molecule has 6 aromatic carbocycles. The Kier molecular flexibility index (Phi) is 5.17. The monoisotopic (exact) mass is 508 g/mol. The molecule has 0 amide bonds. The van der Waals surface area contributed by atoms with E-state index in [0.29, 0.717) is 0 Å². The molecule has 0 spiro atoms. The van der Waals surface area contributed by atoms with Crippen LogP contribution in [0.25, 0.3) is 76.6 Å². The predicted octanol–water partition coefficient (Wildman–Crippen LogP) is 10.1. The van der Waals surface area contributed by atoms with Crippen LogP contribution < -0.4 is 0 Å². The zero-order valence-electron chi connectivity index (χ0n) is 21.8. The van der Waals surface area contributed by atoms with Crippen molar-refractivity contribution in [2.45, 2.75) is 0 Å². The Morgan fingerprint density at radius 3 is 1.62 bits per heavy atom. The van der Waals surface area contributed by atoms with E-state index in [0.717, 1.165) is 16.8 Å². The first-order valence-electron chi connectivity index (χ1n) is 13.6. The van der Waals surface area contributed by atoms with Gasteiger partial charge in [0, 0.05) is 29.7 Å². The largest absolute Gasteiger partial charge is 0.263 e. The molecule has 0 fully saturated rings. The lowest BCUT2D eigenvalue weighted by atomic mass is 9.84. The van der Waals surface area contributed by atoms with E-state index < -0.39 is 0 Å². The SMILES string of the molecule is c1ccc(-c2cncc(-c3c4ccccc4c(-c4cc5ccccc5c5ccccc45)c4ccccc34)c2)nc1. The lowest BCUT2D eigenvalue weighted by Gasteiger charge is -2.19. The minimum Gasteiger partial charge on any atom is -0.263 e. The summed E-state index contributed by atoms with van der Waals surface area (Å²) in [6.45, 7) is 0. The number of benzene rings is 6. The van der Waals surface area contributed by atoms with Crippen LogP contribution in [0, 0.1) is 0 Å². The van der Waals surface area contributed by atoms with Crippen LogP contribution >= 0.6 is 0 Å². The Morgan fingerprint density at radius 2 is 0.950 bits per heavy atom. The van der Waals surface area contributed by atoms with Gasteiger partial charge in [-0.3, -0.25) is 9.97 Å². The molecule has 0 unspecified atom stereocenters. The van der Waals surface area contributed by atoms with E-state index in [4.69, 9.17) is 0 Å². The zero-order valence-corrected chi connectivity index (χ0v) is 21.8. The highest BCUT2D eigenvalue weighted by Crippen LogP contribution is 2.46. The molecule has 2 heteroatoms. The van der Waals surface area contributed by atoms with Crippen LogP contribution in [-0.2, 0) is 0 Å². The molecule has 0 saturated heterocycles. The molecule has 2 heterocycles. The molecule has 0 N–H and O–H groups in total. The fraction of sp³-hybridized carbons (Fsp3) is 0. The summed E-state index contributed by atoms with van der Waals surface area (Å²) in [5.74, 6) is 0. The van der Waals surface area contributed by atoms with Gasteiger partial charge in [-0.05, 0) is 84.0 Å². The van der Waals surface area contributed by atoms with Crippen molar-refractivity contribution in [2.75, 3.05) is 0 Å². The molecule has 0 bridgehead atoms. The van der Waals surface area contributed by atoms with Crippen LogP contribution in [-0.4, -0.2) is 9.97 Å². The van der Waals surface area contributed by atoms with Crippen LogP contribution in [0.15, 0.2) is 146 Å². The quantitative estimate of drug-likeness (QED) is 0.175. The normalized spacial score (nSPS) is 11.5. The van der Waals surface area contributed by atoms with Gasteiger partial charge in [0.15, 0.2) is 0 Å². The van der Waals surface area contributed by atoms with Crippen molar-refractivity contribution >= 4 is 43.1 Å². The first-order valence-corrected chi connectivity index (χ1v) is 13.6. The zero-order chi connectivity index (χ0) is 26.5. The number of pyridine rings is 2. The van der Waals surface area contributed by atoms with Crippen molar-refractivity contribution < 1.29 is 0 Å². The summed E-state index contributed by atoms with van der Waals surface area (Å²) in [5.41, 5.74) is 6.75. The third-order valence-corrected chi connectivity index (χ3v) is 7.96. The Labute approximate surface area is 232 Å². The smallest absolute Gasteiger partial charge is 0.0717 e. The summed E-state index contributed by atoms with van der Waals surface area (Å²) in [7, 11) is 0. The summed E-state index contributed by atoms with van der Waals surface area (Å²) in [4.78, 5) is 9.24. The maximum Gasteiger partial charge on any atom is 0.0717 e. The number of hydrogen-bond acceptors (Lipinski definition) is 2. The van der Waals surface area contributed by atoms with Crippen LogP contribution in [0.3, 0.4) is 0 Å². The number of rotatable bonds is 3. The second-order valence-electron chi connectivity index (χ2n) is 10.2. The van der Waals surface area contributed by atoms with Crippen molar-refractivity contribution in [3.05, 3.63) is 146 Å². The van der Waals surface area contributed by atoms with Crippen molar-refractivity contribution in [1.82, 2.24) is 9.97 Å². The van der Waals surface area contributed by atoms with Crippen molar-refractivity contribution in [1.29, 1.82) is 0 Å². The number of hydrogen-bond donors (Lipinski definition) is 0. The summed E-state index contributed by atoms with van der Waals surface area (Å²) in [6, 6.07) is 45.7. The fourth-order valence-corrected chi connectivity index (χ4v) is 6.24. The average molecular weight is 509 g/mol. The highest BCUT2D eigenvalue weighted by Gasteiger charge is 2.19. The van der Waals surface area contributed by atoms with Gasteiger partial charge in [-0.1, -0.05) is 103 Å². The Balaban J connectivity index is 1.50. The van der Waals surface area contributed by atoms with E-state index in [2.05, 4.69) is 119 Å². The Morgan fingerprint density at radius 1 is 0.400 bits per heavy atom. The minimum absolute atomic E-state index is 0.921. The molecule has 0 atom stereocenters. The van der Waals surface area contributed by atoms with Crippen LogP contribution in [0.1, 0.15) is 0 Å². The molecule has 2 nitrogen and oxygen atoms in total. The maximum atomic E-state index is 4.67. The number of nitrogens with zero attached hydrogens (tertiary/aromatic N) is 2. The molecule has 40 heavy (non-hydrogen) atoms. The lowest BCUT2D eigenvalue weighted by molar-refractivity contribution is 1.28. The van der Waals surface area contributed by atoms with E-state index >= 15 is 0 Å². The van der Waals surface area contributed by atoms with Crippen molar-refractivity contribution in [3.63, 3.8) is 0 Å². The number of aromatic nitrogens is 2. The maximum absolute atomic E-state index is 4.67. The Bertz CT molecular complexity index is 2160. The van der Waals surface area contributed by atoms with Crippen LogP contribution in [0.2, 0.25) is 0 Å². The molecular formula is C38H24N2. The van der Waals surface area contributed by atoms with Crippen molar-refractivity contribution in [2.24, 2.45) is 0 Å². The molecule has 0 aliphatic carbocycles. The van der Waals surface area contributed by atoms with Gasteiger partial charge in [-0.25, -0.2) is 0 Å². The van der Waals surface area contributed by atoms with Gasteiger partial charge in [-0.2, -0.15) is 0 Å². The second kappa shape index (κ2) is 9.14. The lowest BCUT2D eigenvalue weighted by Crippen LogP contribution is -1.93. The summed E-state index contributed by atoms with van der Waals surface area (Å²) in [6.07, 6.45) is 5.70. The average Bonchev–Trinajstić information content (AvgIpc) is 3.04. The van der Waals surface area contributed by atoms with Gasteiger partial charge in [0.25, 0.3) is 0 Å². The van der Waals surface area contributed by atoms with Crippen LogP contribution in [0.5, 0.6) is 0 Å². The first kappa shape index (κ1) is 22.6. The third-order valence-electron chi connectivity index (χ3n) is 7.96. The topological polar surface area (TPSA) is 25.8 Å². The van der Waals surface area contributed by atoms with Crippen LogP contribution in [0.4, 0.5) is 0 Å². The van der Waals surface area contributed by atoms with Gasteiger partial charge in [-0.15, -0.1) is 0 Å². The molecule has 0 saturated carbocycles. The van der Waals surface area contributed by atoms with Crippen molar-refractivity contribution in [3.8, 4) is 33.5 Å². The molecule has 2 aromatic heterocycles. The first-order chi connectivity index (χ1) is 19.9. The third kappa shape index (κ3) is 3.50. The molecule has 186 valence electrons. The standard InChI is InChI=1S/C38H24N2/c1-2-12-28-25(11-1)22-35(30-14-4-3-13-29(28)30)38-33-17-7-5-15-31(33)37(32-16-6-8-18-34(32)38)27-21-26(23-39-24-27)36-19-9-10-20-40-36/h1-24H. The molecular weight excluding hydrogens is 484 g/mol. The van der Waals surface area contributed by atoms with E-state index in [-0.39, 0.29) is 0 Å². The van der Waals surface area contributed by atoms with E-state index in [1.807, 2.05) is 36.8 Å². The molecule has 0 radical (unpaired) electrons. The summed E-state index contributed by atoms with van der Waals surface area (Å²) in [5, 5.41) is 9.98. The highest BCUT2D eigenvalue weighted by atomic mass is 14.7. The second-order valence-corrected chi connectivity index (χ2v) is 10.2. The minimum atomic E-state index is 0.921. The van der Waals surface area contributed by atoms with E-state index in [9.17, 15) is 0 Å². The van der Waals surface area contributed by atoms with Gasteiger partial charge < -0.3 is 0 Å². The van der Waals surface area contributed by atoms with E-state index in [1.165, 1.54) is 59.8 Å². The molecule has 0 aliphatic rings.